The highest BCUT2D eigenvalue weighted by atomic mass is 16.6. The van der Waals surface area contributed by atoms with Crippen molar-refractivity contribution in [1.29, 1.82) is 0 Å². The Bertz CT molecular complexity index is 1410. The standard InChI is InChI=1S/C27H23N3O5/c31-26(29-9-11-30(12-10-29)27(32)24-6-3-13-33-24)20-17-22(28-21-5-2-1-4-19(20)21)18-7-8-23-25(16-18)35-15-14-34-23/h1-8,13,16-17H,9-12,14-15H2. The largest absolute Gasteiger partial charge is 0.486 e. The number of benzene rings is 2. The number of nitrogens with zero attached hydrogens (tertiary/aromatic N) is 3. The highest BCUT2D eigenvalue weighted by Gasteiger charge is 2.28. The third-order valence-corrected chi connectivity index (χ3v) is 6.37. The van der Waals surface area contributed by atoms with Gasteiger partial charge in [0.05, 0.1) is 23.0 Å². The van der Waals surface area contributed by atoms with Gasteiger partial charge in [0, 0.05) is 37.1 Å². The number of furan rings is 1. The highest BCUT2D eigenvalue weighted by molar-refractivity contribution is 6.07. The molecule has 0 bridgehead atoms. The molecule has 2 aromatic carbocycles. The van der Waals surface area contributed by atoms with Crippen molar-refractivity contribution in [3.8, 4) is 22.8 Å². The molecule has 4 aromatic rings. The van der Waals surface area contributed by atoms with Gasteiger partial charge < -0.3 is 23.7 Å². The van der Waals surface area contributed by atoms with Crippen LogP contribution in [0.4, 0.5) is 0 Å². The van der Waals surface area contributed by atoms with Gasteiger partial charge in [-0.05, 0) is 42.5 Å². The first kappa shape index (κ1) is 21.2. The molecule has 0 N–H and O–H groups in total. The van der Waals surface area contributed by atoms with Crippen molar-refractivity contribution < 1.29 is 23.5 Å². The van der Waals surface area contributed by atoms with E-state index in [-0.39, 0.29) is 11.8 Å². The average molecular weight is 469 g/mol. The summed E-state index contributed by atoms with van der Waals surface area (Å²) >= 11 is 0. The monoisotopic (exact) mass is 469 g/mol. The van der Waals surface area contributed by atoms with Crippen LogP contribution in [0, 0.1) is 0 Å². The first-order valence-electron chi connectivity index (χ1n) is 11.6. The molecular formula is C27H23N3O5. The minimum absolute atomic E-state index is 0.0764. The third-order valence-electron chi connectivity index (χ3n) is 6.37. The molecule has 0 spiro atoms. The van der Waals surface area contributed by atoms with Crippen molar-refractivity contribution in [2.24, 2.45) is 0 Å². The Labute approximate surface area is 201 Å². The van der Waals surface area contributed by atoms with E-state index in [0.717, 1.165) is 16.5 Å². The van der Waals surface area contributed by atoms with E-state index in [9.17, 15) is 9.59 Å². The van der Waals surface area contributed by atoms with E-state index in [1.165, 1.54) is 6.26 Å². The first-order chi connectivity index (χ1) is 17.2. The number of carbonyl (C=O) groups excluding carboxylic acids is 2. The third kappa shape index (κ3) is 3.97. The van der Waals surface area contributed by atoms with Crippen molar-refractivity contribution >= 4 is 22.7 Å². The molecule has 1 fully saturated rings. The lowest BCUT2D eigenvalue weighted by molar-refractivity contribution is 0.0519. The molecule has 0 radical (unpaired) electrons. The quantitative estimate of drug-likeness (QED) is 0.453. The molecule has 6 rings (SSSR count). The van der Waals surface area contributed by atoms with Crippen LogP contribution in [0.5, 0.6) is 11.5 Å². The second-order valence-electron chi connectivity index (χ2n) is 8.49. The summed E-state index contributed by atoms with van der Waals surface area (Å²) < 4.78 is 16.6. The van der Waals surface area contributed by atoms with E-state index in [0.29, 0.717) is 67.9 Å². The van der Waals surface area contributed by atoms with Gasteiger partial charge in [-0.25, -0.2) is 4.98 Å². The predicted octanol–water partition coefficient (Wildman–Crippen LogP) is 3.86. The Balaban J connectivity index is 1.29. The van der Waals surface area contributed by atoms with Crippen LogP contribution < -0.4 is 9.47 Å². The number of piperazine rings is 1. The molecule has 2 aliphatic rings. The second-order valence-corrected chi connectivity index (χ2v) is 8.49. The number of hydrogen-bond donors (Lipinski definition) is 0. The Hall–Kier alpha value is -4.33. The van der Waals surface area contributed by atoms with E-state index in [1.54, 1.807) is 21.9 Å². The maximum Gasteiger partial charge on any atom is 0.289 e. The average Bonchev–Trinajstić information content (AvgIpc) is 3.47. The van der Waals surface area contributed by atoms with Gasteiger partial charge in [-0.1, -0.05) is 18.2 Å². The minimum Gasteiger partial charge on any atom is -0.486 e. The highest BCUT2D eigenvalue weighted by Crippen LogP contribution is 2.35. The van der Waals surface area contributed by atoms with Crippen LogP contribution >= 0.6 is 0 Å². The summed E-state index contributed by atoms with van der Waals surface area (Å²) in [6.07, 6.45) is 1.49. The molecule has 2 amide bonds. The van der Waals surface area contributed by atoms with Crippen molar-refractivity contribution in [1.82, 2.24) is 14.8 Å². The maximum absolute atomic E-state index is 13.7. The number of ether oxygens (including phenoxy) is 2. The number of amides is 2. The number of fused-ring (bicyclic) bond motifs is 2. The van der Waals surface area contributed by atoms with Crippen molar-refractivity contribution in [3.05, 3.63) is 78.3 Å². The zero-order valence-corrected chi connectivity index (χ0v) is 19.0. The second kappa shape index (κ2) is 8.79. The smallest absolute Gasteiger partial charge is 0.289 e. The van der Waals surface area contributed by atoms with E-state index < -0.39 is 0 Å². The van der Waals surface area contributed by atoms with Gasteiger partial charge in [-0.2, -0.15) is 0 Å². The number of carbonyl (C=O) groups is 2. The van der Waals surface area contributed by atoms with Crippen molar-refractivity contribution in [2.75, 3.05) is 39.4 Å². The van der Waals surface area contributed by atoms with Gasteiger partial charge in [0.15, 0.2) is 17.3 Å². The zero-order valence-electron chi connectivity index (χ0n) is 19.0. The van der Waals surface area contributed by atoms with Crippen molar-refractivity contribution in [2.45, 2.75) is 0 Å². The van der Waals surface area contributed by atoms with E-state index in [1.807, 2.05) is 48.5 Å². The van der Waals surface area contributed by atoms with E-state index >= 15 is 0 Å². The van der Waals surface area contributed by atoms with E-state index in [2.05, 4.69) is 0 Å². The summed E-state index contributed by atoms with van der Waals surface area (Å²) in [5, 5.41) is 0.799. The zero-order chi connectivity index (χ0) is 23.8. The van der Waals surface area contributed by atoms with Crippen LogP contribution in [0.1, 0.15) is 20.9 Å². The van der Waals surface area contributed by atoms with Crippen LogP contribution in [0.25, 0.3) is 22.2 Å². The van der Waals surface area contributed by atoms with Crippen LogP contribution in [0.3, 0.4) is 0 Å². The van der Waals surface area contributed by atoms with Gasteiger partial charge in [0.25, 0.3) is 11.8 Å². The molecule has 8 heteroatoms. The molecule has 2 aliphatic heterocycles. The number of hydrogen-bond acceptors (Lipinski definition) is 6. The topological polar surface area (TPSA) is 85.1 Å². The molecule has 0 unspecified atom stereocenters. The SMILES string of the molecule is O=C(c1ccco1)N1CCN(C(=O)c2cc(-c3ccc4c(c3)OCCO4)nc3ccccc23)CC1. The molecule has 4 heterocycles. The van der Waals surface area contributed by atoms with Gasteiger partial charge in [-0.3, -0.25) is 9.59 Å². The van der Waals surface area contributed by atoms with Crippen LogP contribution in [0.15, 0.2) is 71.3 Å². The molecule has 176 valence electrons. The molecule has 35 heavy (non-hydrogen) atoms. The summed E-state index contributed by atoms with van der Waals surface area (Å²) in [6, 6.07) is 18.5. The normalized spacial score (nSPS) is 15.3. The molecule has 8 nitrogen and oxygen atoms in total. The lowest BCUT2D eigenvalue weighted by atomic mass is 10.0. The molecule has 0 saturated carbocycles. The summed E-state index contributed by atoms with van der Waals surface area (Å²) in [5.41, 5.74) is 2.87. The summed E-state index contributed by atoms with van der Waals surface area (Å²) in [6.45, 7) is 2.81. The molecular weight excluding hydrogens is 446 g/mol. The van der Waals surface area contributed by atoms with E-state index in [4.69, 9.17) is 18.9 Å². The Kier molecular flexibility index (Phi) is 5.33. The number of aromatic nitrogens is 1. The fourth-order valence-corrected chi connectivity index (χ4v) is 4.54. The predicted molar refractivity (Wildman–Crippen MR) is 129 cm³/mol. The Morgan fingerprint density at radius 3 is 2.29 bits per heavy atom. The maximum atomic E-state index is 13.7. The lowest BCUT2D eigenvalue weighted by Gasteiger charge is -2.34. The van der Waals surface area contributed by atoms with Gasteiger partial charge in [0.2, 0.25) is 0 Å². The number of pyridine rings is 1. The molecule has 1 saturated heterocycles. The molecule has 0 aliphatic carbocycles. The number of para-hydroxylation sites is 1. The van der Waals surface area contributed by atoms with Crippen LogP contribution in [-0.4, -0.2) is 66.0 Å². The first-order valence-corrected chi connectivity index (χ1v) is 11.6. The summed E-state index contributed by atoms with van der Waals surface area (Å²) in [5.74, 6) is 1.46. The van der Waals surface area contributed by atoms with Gasteiger partial charge >= 0.3 is 0 Å². The Morgan fingerprint density at radius 1 is 0.771 bits per heavy atom. The van der Waals surface area contributed by atoms with Crippen LogP contribution in [0.2, 0.25) is 0 Å². The summed E-state index contributed by atoms with van der Waals surface area (Å²) in [4.78, 5) is 34.6. The van der Waals surface area contributed by atoms with Gasteiger partial charge in [-0.15, -0.1) is 0 Å². The van der Waals surface area contributed by atoms with Crippen LogP contribution in [-0.2, 0) is 0 Å². The minimum atomic E-state index is -0.155. The number of rotatable bonds is 3. The Morgan fingerprint density at radius 2 is 1.51 bits per heavy atom. The van der Waals surface area contributed by atoms with Crippen molar-refractivity contribution in [3.63, 3.8) is 0 Å². The van der Waals surface area contributed by atoms with Gasteiger partial charge in [0.1, 0.15) is 13.2 Å². The summed E-state index contributed by atoms with van der Waals surface area (Å²) in [7, 11) is 0. The molecule has 2 aromatic heterocycles. The fraction of sp³-hybridized carbons (Fsp3) is 0.222. The molecule has 0 atom stereocenters. The lowest BCUT2D eigenvalue weighted by Crippen LogP contribution is -2.50. The fourth-order valence-electron chi connectivity index (χ4n) is 4.54.